The molecule has 1 aromatic carbocycles. The standard InChI is InChI=1S/C16H17ClN4O2/c1-9(2)20-16(23)15(22)10-5-6-12(14(17)11(10)8-18)21-13-4-3-7-19-13/h3-7,9,15,19,21-22H,1-2H3,(H,20,23). The Labute approximate surface area is 139 Å². The molecule has 0 aliphatic carbocycles. The first-order chi connectivity index (χ1) is 10.9. The van der Waals surface area contributed by atoms with Gasteiger partial charge in [-0.25, -0.2) is 0 Å². The van der Waals surface area contributed by atoms with E-state index in [9.17, 15) is 15.2 Å². The number of benzene rings is 1. The molecule has 0 saturated carbocycles. The molecule has 120 valence electrons. The number of halogens is 1. The van der Waals surface area contributed by atoms with Crippen LogP contribution in [-0.4, -0.2) is 22.0 Å². The monoisotopic (exact) mass is 332 g/mol. The molecule has 4 N–H and O–H groups in total. The fraction of sp³-hybridized carbons (Fsp3) is 0.250. The zero-order valence-corrected chi connectivity index (χ0v) is 13.5. The second-order valence-corrected chi connectivity index (χ2v) is 5.66. The summed E-state index contributed by atoms with van der Waals surface area (Å²) in [5, 5.41) is 25.3. The Morgan fingerprint density at radius 3 is 2.70 bits per heavy atom. The molecule has 1 heterocycles. The fourth-order valence-electron chi connectivity index (χ4n) is 2.09. The van der Waals surface area contributed by atoms with E-state index in [2.05, 4.69) is 15.6 Å². The lowest BCUT2D eigenvalue weighted by Crippen LogP contribution is -2.34. The van der Waals surface area contributed by atoms with Gasteiger partial charge in [0, 0.05) is 17.8 Å². The van der Waals surface area contributed by atoms with Crippen LogP contribution in [0.5, 0.6) is 0 Å². The van der Waals surface area contributed by atoms with E-state index in [0.29, 0.717) is 11.5 Å². The molecule has 0 saturated heterocycles. The molecule has 1 amide bonds. The van der Waals surface area contributed by atoms with Crippen LogP contribution in [0.1, 0.15) is 31.1 Å². The lowest BCUT2D eigenvalue weighted by molar-refractivity contribution is -0.130. The molecule has 6 nitrogen and oxygen atoms in total. The molecule has 0 fully saturated rings. The summed E-state index contributed by atoms with van der Waals surface area (Å²) in [4.78, 5) is 14.9. The Bertz CT molecular complexity index is 735. The van der Waals surface area contributed by atoms with E-state index in [-0.39, 0.29) is 22.2 Å². The van der Waals surface area contributed by atoms with Crippen molar-refractivity contribution in [2.45, 2.75) is 26.0 Å². The largest absolute Gasteiger partial charge is 0.378 e. The van der Waals surface area contributed by atoms with Gasteiger partial charge in [0.25, 0.3) is 5.91 Å². The molecular formula is C16H17ClN4O2. The second kappa shape index (κ2) is 7.18. The summed E-state index contributed by atoms with van der Waals surface area (Å²) in [6.07, 6.45) is 0.291. The maximum Gasteiger partial charge on any atom is 0.253 e. The molecule has 0 aliphatic heterocycles. The van der Waals surface area contributed by atoms with Gasteiger partial charge >= 0.3 is 0 Å². The van der Waals surface area contributed by atoms with E-state index >= 15 is 0 Å². The summed E-state index contributed by atoms with van der Waals surface area (Å²) in [5.74, 6) is 0.138. The number of anilines is 2. The summed E-state index contributed by atoms with van der Waals surface area (Å²) < 4.78 is 0. The molecule has 0 aliphatic rings. The Balaban J connectivity index is 2.34. The SMILES string of the molecule is CC(C)NC(=O)C(O)c1ccc(Nc2ccc[nH]2)c(Cl)c1C#N. The van der Waals surface area contributed by atoms with Crippen LogP contribution >= 0.6 is 11.6 Å². The van der Waals surface area contributed by atoms with Crippen molar-refractivity contribution in [1.29, 1.82) is 5.26 Å². The number of nitrogens with zero attached hydrogens (tertiary/aromatic N) is 1. The Morgan fingerprint density at radius 1 is 1.39 bits per heavy atom. The summed E-state index contributed by atoms with van der Waals surface area (Å²) in [7, 11) is 0. The highest BCUT2D eigenvalue weighted by molar-refractivity contribution is 6.34. The number of amides is 1. The van der Waals surface area contributed by atoms with Gasteiger partial charge in [-0.1, -0.05) is 17.7 Å². The lowest BCUT2D eigenvalue weighted by Gasteiger charge is -2.17. The maximum atomic E-state index is 11.9. The van der Waals surface area contributed by atoms with Crippen LogP contribution in [0.4, 0.5) is 11.5 Å². The van der Waals surface area contributed by atoms with E-state index in [1.165, 1.54) is 6.07 Å². The molecule has 7 heteroatoms. The maximum absolute atomic E-state index is 11.9. The summed E-state index contributed by atoms with van der Waals surface area (Å²) >= 11 is 6.24. The van der Waals surface area contributed by atoms with Crippen molar-refractivity contribution < 1.29 is 9.90 Å². The number of H-pyrrole nitrogens is 1. The number of hydrogen-bond acceptors (Lipinski definition) is 4. The Morgan fingerprint density at radius 2 is 2.13 bits per heavy atom. The molecule has 1 aromatic heterocycles. The third-order valence-electron chi connectivity index (χ3n) is 3.13. The Hall–Kier alpha value is -2.49. The molecule has 0 bridgehead atoms. The van der Waals surface area contributed by atoms with Crippen LogP contribution < -0.4 is 10.6 Å². The Kier molecular flexibility index (Phi) is 5.27. The van der Waals surface area contributed by atoms with Crippen LogP contribution in [0.3, 0.4) is 0 Å². The topological polar surface area (TPSA) is 101 Å². The minimum absolute atomic E-state index is 0.0645. The first-order valence-corrected chi connectivity index (χ1v) is 7.43. The number of carbonyl (C=O) groups excluding carboxylic acids is 1. The first-order valence-electron chi connectivity index (χ1n) is 7.05. The molecule has 0 radical (unpaired) electrons. The van der Waals surface area contributed by atoms with E-state index in [1.54, 1.807) is 32.2 Å². The highest BCUT2D eigenvalue weighted by atomic mass is 35.5. The van der Waals surface area contributed by atoms with Gasteiger partial charge in [0.1, 0.15) is 11.9 Å². The minimum atomic E-state index is -1.45. The van der Waals surface area contributed by atoms with Crippen LogP contribution in [0.25, 0.3) is 0 Å². The van der Waals surface area contributed by atoms with Crippen molar-refractivity contribution in [2.75, 3.05) is 5.32 Å². The van der Waals surface area contributed by atoms with Crippen molar-refractivity contribution in [3.8, 4) is 6.07 Å². The molecule has 2 rings (SSSR count). The van der Waals surface area contributed by atoms with Gasteiger partial charge in [-0.3, -0.25) is 4.79 Å². The van der Waals surface area contributed by atoms with Crippen molar-refractivity contribution in [3.05, 3.63) is 46.6 Å². The summed E-state index contributed by atoms with van der Waals surface area (Å²) in [6, 6.07) is 8.58. The molecular weight excluding hydrogens is 316 g/mol. The number of aromatic amines is 1. The molecule has 1 atom stereocenters. The smallest absolute Gasteiger partial charge is 0.253 e. The van der Waals surface area contributed by atoms with Crippen molar-refractivity contribution in [1.82, 2.24) is 10.3 Å². The van der Waals surface area contributed by atoms with Crippen LogP contribution in [0.2, 0.25) is 5.02 Å². The first kappa shape index (κ1) is 16.9. The van der Waals surface area contributed by atoms with Gasteiger partial charge in [0.05, 0.1) is 16.3 Å². The highest BCUT2D eigenvalue weighted by Crippen LogP contribution is 2.33. The van der Waals surface area contributed by atoms with Crippen molar-refractivity contribution in [3.63, 3.8) is 0 Å². The minimum Gasteiger partial charge on any atom is -0.378 e. The van der Waals surface area contributed by atoms with Gasteiger partial charge in [-0.15, -0.1) is 0 Å². The number of aliphatic hydroxyl groups excluding tert-OH is 1. The fourth-order valence-corrected chi connectivity index (χ4v) is 2.35. The van der Waals surface area contributed by atoms with Gasteiger partial charge in [-0.05, 0) is 32.0 Å². The summed E-state index contributed by atoms with van der Waals surface area (Å²) in [5.41, 5.74) is 0.744. The third-order valence-corrected chi connectivity index (χ3v) is 3.52. The third kappa shape index (κ3) is 3.83. The van der Waals surface area contributed by atoms with Gasteiger partial charge in [0.15, 0.2) is 6.10 Å². The molecule has 23 heavy (non-hydrogen) atoms. The second-order valence-electron chi connectivity index (χ2n) is 5.28. The zero-order chi connectivity index (χ0) is 17.0. The van der Waals surface area contributed by atoms with Crippen LogP contribution in [-0.2, 0) is 4.79 Å². The molecule has 1 unspecified atom stereocenters. The number of rotatable bonds is 5. The number of nitrogens with one attached hydrogen (secondary N) is 3. The average molecular weight is 333 g/mol. The number of aromatic nitrogens is 1. The molecule has 2 aromatic rings. The van der Waals surface area contributed by atoms with E-state index in [0.717, 1.165) is 0 Å². The predicted octanol–water partition coefficient (Wildman–Crippen LogP) is 2.84. The predicted molar refractivity (Wildman–Crippen MR) is 88.5 cm³/mol. The van der Waals surface area contributed by atoms with E-state index in [1.807, 2.05) is 12.1 Å². The van der Waals surface area contributed by atoms with Gasteiger partial charge in [-0.2, -0.15) is 5.26 Å². The van der Waals surface area contributed by atoms with Gasteiger partial charge in [0.2, 0.25) is 0 Å². The quantitative estimate of drug-likeness (QED) is 0.676. The highest BCUT2D eigenvalue weighted by Gasteiger charge is 2.23. The molecule has 0 spiro atoms. The zero-order valence-electron chi connectivity index (χ0n) is 12.7. The van der Waals surface area contributed by atoms with Crippen molar-refractivity contribution >= 4 is 29.0 Å². The lowest BCUT2D eigenvalue weighted by atomic mass is 10.0. The average Bonchev–Trinajstić information content (AvgIpc) is 3.00. The van der Waals surface area contributed by atoms with Crippen molar-refractivity contribution in [2.24, 2.45) is 0 Å². The van der Waals surface area contributed by atoms with Crippen LogP contribution in [0, 0.1) is 11.3 Å². The summed E-state index contributed by atoms with van der Waals surface area (Å²) in [6.45, 7) is 3.57. The van der Waals surface area contributed by atoms with E-state index in [4.69, 9.17) is 11.6 Å². The number of hydrogen-bond donors (Lipinski definition) is 4. The van der Waals surface area contributed by atoms with Crippen LogP contribution in [0.15, 0.2) is 30.5 Å². The number of nitriles is 1. The normalized spacial score (nSPS) is 11.8. The number of aliphatic hydroxyl groups is 1. The number of carbonyl (C=O) groups is 1. The van der Waals surface area contributed by atoms with E-state index < -0.39 is 12.0 Å². The van der Waals surface area contributed by atoms with Gasteiger partial charge < -0.3 is 20.7 Å².